The van der Waals surface area contributed by atoms with Gasteiger partial charge in [-0.05, 0) is 31.4 Å². The lowest BCUT2D eigenvalue weighted by molar-refractivity contribution is -0.183. The van der Waals surface area contributed by atoms with Gasteiger partial charge >= 0.3 is 6.18 Å². The van der Waals surface area contributed by atoms with Crippen molar-refractivity contribution in [2.24, 2.45) is 0 Å². The molecule has 1 unspecified atom stereocenters. The van der Waals surface area contributed by atoms with Crippen LogP contribution in [0.1, 0.15) is 29.6 Å². The van der Waals surface area contributed by atoms with Crippen LogP contribution in [0.5, 0.6) is 0 Å². The number of rotatable bonds is 1. The number of piperidine rings is 1. The summed E-state index contributed by atoms with van der Waals surface area (Å²) in [6.45, 7) is 0.0113. The van der Waals surface area contributed by atoms with E-state index in [0.29, 0.717) is 12.8 Å². The molecule has 2 nitrogen and oxygen atoms in total. The molecule has 1 aliphatic heterocycles. The largest absolute Gasteiger partial charge is 0.408 e. The molecule has 1 amide bonds. The summed E-state index contributed by atoms with van der Waals surface area (Å²) in [5.41, 5.74) is -0.307. The first kappa shape index (κ1) is 13.8. The molecule has 0 aliphatic carbocycles. The summed E-state index contributed by atoms with van der Waals surface area (Å²) in [5, 5.41) is 0. The molecule has 0 aromatic heterocycles. The van der Waals surface area contributed by atoms with Gasteiger partial charge in [-0.25, -0.2) is 4.39 Å². The maximum Gasteiger partial charge on any atom is 0.408 e. The van der Waals surface area contributed by atoms with E-state index in [1.165, 1.54) is 18.2 Å². The summed E-state index contributed by atoms with van der Waals surface area (Å²) in [7, 11) is 0. The zero-order valence-electron chi connectivity index (χ0n) is 10.1. The average molecular weight is 275 g/mol. The molecule has 19 heavy (non-hydrogen) atoms. The number of carbonyl (C=O) groups is 1. The van der Waals surface area contributed by atoms with Crippen molar-refractivity contribution in [3.05, 3.63) is 35.6 Å². The summed E-state index contributed by atoms with van der Waals surface area (Å²) in [4.78, 5) is 12.8. The van der Waals surface area contributed by atoms with Gasteiger partial charge in [0.2, 0.25) is 0 Å². The Morgan fingerprint density at radius 1 is 1.21 bits per heavy atom. The summed E-state index contributed by atoms with van der Waals surface area (Å²) >= 11 is 0. The second-order valence-electron chi connectivity index (χ2n) is 4.53. The highest BCUT2D eigenvalue weighted by atomic mass is 19.4. The van der Waals surface area contributed by atoms with E-state index in [0.717, 1.165) is 11.0 Å². The minimum absolute atomic E-state index is 0.0113. The number of amides is 1. The first-order valence-corrected chi connectivity index (χ1v) is 6.03. The minimum atomic E-state index is -4.47. The van der Waals surface area contributed by atoms with Crippen molar-refractivity contribution in [3.63, 3.8) is 0 Å². The predicted octanol–water partition coefficient (Wildman–Crippen LogP) is 3.38. The Morgan fingerprint density at radius 3 is 2.53 bits per heavy atom. The molecule has 0 N–H and O–H groups in total. The summed E-state index contributed by atoms with van der Waals surface area (Å²) in [6.07, 6.45) is -3.66. The standard InChI is InChI=1S/C13H13F4NO/c14-10-6-2-1-5-9(10)12(19)18-8-4-3-7-11(18)13(15,16)17/h1-2,5-6,11H,3-4,7-8H2. The molecule has 0 radical (unpaired) electrons. The van der Waals surface area contributed by atoms with Crippen molar-refractivity contribution < 1.29 is 22.4 Å². The number of alkyl halides is 3. The summed E-state index contributed by atoms with van der Waals surface area (Å²) in [6, 6.07) is 3.29. The van der Waals surface area contributed by atoms with Gasteiger partial charge in [-0.2, -0.15) is 13.2 Å². The zero-order chi connectivity index (χ0) is 14.0. The molecule has 0 saturated carbocycles. The van der Waals surface area contributed by atoms with E-state index in [9.17, 15) is 22.4 Å². The minimum Gasteiger partial charge on any atom is -0.326 e. The van der Waals surface area contributed by atoms with E-state index in [2.05, 4.69) is 0 Å². The van der Waals surface area contributed by atoms with Crippen molar-refractivity contribution in [1.29, 1.82) is 0 Å². The highest BCUT2D eigenvalue weighted by Gasteiger charge is 2.46. The number of benzene rings is 1. The number of nitrogens with zero attached hydrogens (tertiary/aromatic N) is 1. The number of likely N-dealkylation sites (tertiary alicyclic amines) is 1. The van der Waals surface area contributed by atoms with Crippen LogP contribution in [0, 0.1) is 5.82 Å². The van der Waals surface area contributed by atoms with E-state index in [1.807, 2.05) is 0 Å². The fourth-order valence-electron chi connectivity index (χ4n) is 2.30. The van der Waals surface area contributed by atoms with Crippen LogP contribution in [0.3, 0.4) is 0 Å². The fraction of sp³-hybridized carbons (Fsp3) is 0.462. The fourth-order valence-corrected chi connectivity index (χ4v) is 2.30. The lowest BCUT2D eigenvalue weighted by atomic mass is 10.00. The van der Waals surface area contributed by atoms with E-state index in [4.69, 9.17) is 0 Å². The monoisotopic (exact) mass is 275 g/mol. The molecule has 1 aromatic carbocycles. The summed E-state index contributed by atoms with van der Waals surface area (Å²) < 4.78 is 52.1. The lowest BCUT2D eigenvalue weighted by Gasteiger charge is -2.36. The number of carbonyl (C=O) groups excluding carboxylic acids is 1. The molecule has 1 aromatic rings. The van der Waals surface area contributed by atoms with Crippen LogP contribution < -0.4 is 0 Å². The van der Waals surface area contributed by atoms with Crippen LogP contribution >= 0.6 is 0 Å². The first-order valence-electron chi connectivity index (χ1n) is 6.03. The Labute approximate surface area is 108 Å². The van der Waals surface area contributed by atoms with Gasteiger partial charge in [-0.3, -0.25) is 4.79 Å². The Balaban J connectivity index is 2.28. The van der Waals surface area contributed by atoms with E-state index < -0.39 is 23.9 Å². The number of halogens is 4. The van der Waals surface area contributed by atoms with Crippen LogP contribution in [0.25, 0.3) is 0 Å². The van der Waals surface area contributed by atoms with Gasteiger partial charge in [-0.15, -0.1) is 0 Å². The van der Waals surface area contributed by atoms with Crippen LogP contribution in [0.15, 0.2) is 24.3 Å². The Kier molecular flexibility index (Phi) is 3.78. The van der Waals surface area contributed by atoms with Gasteiger partial charge in [0.1, 0.15) is 11.9 Å². The second-order valence-corrected chi connectivity index (χ2v) is 4.53. The first-order chi connectivity index (χ1) is 8.91. The predicted molar refractivity (Wildman–Crippen MR) is 61.1 cm³/mol. The van der Waals surface area contributed by atoms with Crippen molar-refractivity contribution >= 4 is 5.91 Å². The average Bonchev–Trinajstić information content (AvgIpc) is 2.37. The SMILES string of the molecule is O=C(c1ccccc1F)N1CCCCC1C(F)(F)F. The van der Waals surface area contributed by atoms with Gasteiger partial charge in [-0.1, -0.05) is 12.1 Å². The highest BCUT2D eigenvalue weighted by molar-refractivity contribution is 5.94. The number of hydrogen-bond donors (Lipinski definition) is 0. The molecular formula is C13H13F4NO. The molecule has 1 saturated heterocycles. The molecular weight excluding hydrogens is 262 g/mol. The molecule has 6 heteroatoms. The molecule has 1 fully saturated rings. The van der Waals surface area contributed by atoms with E-state index in [1.54, 1.807) is 0 Å². The number of hydrogen-bond acceptors (Lipinski definition) is 1. The molecule has 1 heterocycles. The molecule has 0 bridgehead atoms. The maximum absolute atomic E-state index is 13.5. The highest BCUT2D eigenvalue weighted by Crippen LogP contribution is 2.32. The molecule has 104 valence electrons. The Hall–Kier alpha value is -1.59. The van der Waals surface area contributed by atoms with Crippen LogP contribution in [-0.4, -0.2) is 29.6 Å². The van der Waals surface area contributed by atoms with Crippen LogP contribution in [0.4, 0.5) is 17.6 Å². The van der Waals surface area contributed by atoms with E-state index >= 15 is 0 Å². The topological polar surface area (TPSA) is 20.3 Å². The van der Waals surface area contributed by atoms with Gasteiger partial charge in [0.05, 0.1) is 5.56 Å². The van der Waals surface area contributed by atoms with Gasteiger partial charge in [0.15, 0.2) is 0 Å². The Morgan fingerprint density at radius 2 is 1.89 bits per heavy atom. The smallest absolute Gasteiger partial charge is 0.326 e. The normalized spacial score (nSPS) is 20.4. The van der Waals surface area contributed by atoms with Crippen molar-refractivity contribution in [2.75, 3.05) is 6.54 Å². The third-order valence-electron chi connectivity index (χ3n) is 3.25. The van der Waals surface area contributed by atoms with Crippen molar-refractivity contribution in [1.82, 2.24) is 4.90 Å². The second kappa shape index (κ2) is 5.19. The van der Waals surface area contributed by atoms with Gasteiger partial charge in [0.25, 0.3) is 5.91 Å². The van der Waals surface area contributed by atoms with Gasteiger partial charge < -0.3 is 4.90 Å². The molecule has 1 aliphatic rings. The Bertz CT molecular complexity index is 472. The quantitative estimate of drug-likeness (QED) is 0.719. The van der Waals surface area contributed by atoms with Crippen molar-refractivity contribution in [3.8, 4) is 0 Å². The van der Waals surface area contributed by atoms with Crippen LogP contribution in [0.2, 0.25) is 0 Å². The van der Waals surface area contributed by atoms with Crippen molar-refractivity contribution in [2.45, 2.75) is 31.5 Å². The van der Waals surface area contributed by atoms with Crippen LogP contribution in [-0.2, 0) is 0 Å². The maximum atomic E-state index is 13.5. The molecule has 1 atom stereocenters. The van der Waals surface area contributed by atoms with E-state index in [-0.39, 0.29) is 18.5 Å². The third-order valence-corrected chi connectivity index (χ3v) is 3.25. The zero-order valence-corrected chi connectivity index (χ0v) is 10.1. The third kappa shape index (κ3) is 2.88. The molecule has 0 spiro atoms. The summed E-state index contributed by atoms with van der Waals surface area (Å²) in [5.74, 6) is -1.68. The molecule has 2 rings (SSSR count). The lowest BCUT2D eigenvalue weighted by Crippen LogP contribution is -2.51. The van der Waals surface area contributed by atoms with Gasteiger partial charge in [0, 0.05) is 6.54 Å².